The number of amides is 1. The van der Waals surface area contributed by atoms with Gasteiger partial charge in [-0.25, -0.2) is 0 Å². The van der Waals surface area contributed by atoms with Gasteiger partial charge in [0, 0.05) is 29.5 Å². The summed E-state index contributed by atoms with van der Waals surface area (Å²) in [6.45, 7) is 4.39. The minimum atomic E-state index is -0.770. The summed E-state index contributed by atoms with van der Waals surface area (Å²) < 4.78 is 5.52. The molecule has 0 bridgehead atoms. The number of ketones is 1. The van der Waals surface area contributed by atoms with Crippen LogP contribution in [0.15, 0.2) is 72.6 Å². The van der Waals surface area contributed by atoms with Gasteiger partial charge in [0.05, 0.1) is 18.2 Å². The number of ether oxygens (including phenoxy) is 1. The third-order valence-corrected chi connectivity index (χ3v) is 5.82. The first-order valence-corrected chi connectivity index (χ1v) is 10.9. The summed E-state index contributed by atoms with van der Waals surface area (Å²) in [5.74, 6) is -0.964. The van der Waals surface area contributed by atoms with Crippen molar-refractivity contribution < 1.29 is 19.4 Å². The number of likely N-dealkylation sites (tertiary alicyclic amines) is 1. The molecule has 2 aromatic carbocycles. The molecule has 0 saturated carbocycles. The first-order chi connectivity index (χ1) is 15.9. The number of nitrogens with zero attached hydrogens (tertiary/aromatic N) is 2. The van der Waals surface area contributed by atoms with Gasteiger partial charge in [-0.15, -0.1) is 0 Å². The topological polar surface area (TPSA) is 79.7 Å². The van der Waals surface area contributed by atoms with Crippen LogP contribution in [0.25, 0.3) is 5.76 Å². The first kappa shape index (κ1) is 22.6. The second-order valence-corrected chi connectivity index (χ2v) is 8.19. The Balaban J connectivity index is 1.85. The van der Waals surface area contributed by atoms with E-state index in [1.807, 2.05) is 19.9 Å². The van der Waals surface area contributed by atoms with Crippen molar-refractivity contribution in [3.05, 3.63) is 99.8 Å². The third kappa shape index (κ3) is 4.47. The summed E-state index contributed by atoms with van der Waals surface area (Å²) in [6.07, 6.45) is 3.29. The molecule has 0 spiro atoms. The molecule has 0 aliphatic carbocycles. The van der Waals surface area contributed by atoms with Crippen molar-refractivity contribution in [3.63, 3.8) is 0 Å². The predicted molar refractivity (Wildman–Crippen MR) is 126 cm³/mol. The molecule has 3 aromatic rings. The van der Waals surface area contributed by atoms with Crippen LogP contribution in [0.1, 0.15) is 35.2 Å². The quantitative estimate of drug-likeness (QED) is 0.314. The Morgan fingerprint density at radius 1 is 1.15 bits per heavy atom. The highest BCUT2D eigenvalue weighted by Crippen LogP contribution is 2.41. The second-order valence-electron chi connectivity index (χ2n) is 7.75. The Bertz CT molecular complexity index is 1220. The zero-order chi connectivity index (χ0) is 23.5. The second kappa shape index (κ2) is 9.46. The van der Waals surface area contributed by atoms with E-state index in [0.29, 0.717) is 28.5 Å². The van der Waals surface area contributed by atoms with Crippen LogP contribution in [0.3, 0.4) is 0 Å². The average Bonchev–Trinajstić information content (AvgIpc) is 3.05. The molecule has 168 valence electrons. The van der Waals surface area contributed by atoms with Crippen LogP contribution < -0.4 is 4.74 Å². The van der Waals surface area contributed by atoms with E-state index >= 15 is 0 Å². The normalized spacial score (nSPS) is 17.4. The van der Waals surface area contributed by atoms with Crippen LogP contribution in [0.2, 0.25) is 5.02 Å². The molecule has 33 heavy (non-hydrogen) atoms. The lowest BCUT2D eigenvalue weighted by atomic mass is 9.94. The molecule has 4 rings (SSSR count). The number of carbonyl (C=O) groups is 2. The van der Waals surface area contributed by atoms with Crippen molar-refractivity contribution in [1.82, 2.24) is 9.88 Å². The summed E-state index contributed by atoms with van der Waals surface area (Å²) in [4.78, 5) is 31.8. The molecule has 1 aromatic heterocycles. The molecule has 1 aliphatic rings. The Morgan fingerprint density at radius 3 is 2.55 bits per heavy atom. The molecule has 7 heteroatoms. The van der Waals surface area contributed by atoms with Gasteiger partial charge in [-0.1, -0.05) is 29.8 Å². The number of hydrogen-bond donors (Lipinski definition) is 1. The number of aliphatic hydroxyl groups is 1. The molecule has 0 unspecified atom stereocenters. The number of aryl methyl sites for hydroxylation is 1. The summed E-state index contributed by atoms with van der Waals surface area (Å²) >= 11 is 6.07. The number of pyridine rings is 1. The SMILES string of the molecule is CCOc1ccc(C(O)=C2C(=O)C(=O)N(Cc3cccnc3)[C@@H]2c2ccc(Cl)cc2)c(C)c1. The molecular formula is C26H23ClN2O4. The molecule has 1 atom stereocenters. The van der Waals surface area contributed by atoms with Crippen molar-refractivity contribution in [1.29, 1.82) is 0 Å². The molecule has 1 saturated heterocycles. The van der Waals surface area contributed by atoms with Gasteiger partial charge in [-0.3, -0.25) is 14.6 Å². The number of aliphatic hydroxyl groups excluding tert-OH is 1. The third-order valence-electron chi connectivity index (χ3n) is 5.57. The van der Waals surface area contributed by atoms with Crippen molar-refractivity contribution in [3.8, 4) is 5.75 Å². The Hall–Kier alpha value is -3.64. The Labute approximate surface area is 197 Å². The summed E-state index contributed by atoms with van der Waals surface area (Å²) in [7, 11) is 0. The van der Waals surface area contributed by atoms with E-state index in [4.69, 9.17) is 16.3 Å². The fraction of sp³-hybridized carbons (Fsp3) is 0.192. The molecular weight excluding hydrogens is 440 g/mol. The smallest absolute Gasteiger partial charge is 0.295 e. The van der Waals surface area contributed by atoms with E-state index in [-0.39, 0.29) is 17.9 Å². The number of benzene rings is 2. The van der Waals surface area contributed by atoms with E-state index < -0.39 is 17.7 Å². The number of Topliss-reactive ketones (excluding diaryl/α,β-unsaturated/α-hetero) is 1. The fourth-order valence-electron chi connectivity index (χ4n) is 4.03. The number of aromatic nitrogens is 1. The van der Waals surface area contributed by atoms with Crippen molar-refractivity contribution in [2.75, 3.05) is 6.61 Å². The molecule has 1 fully saturated rings. The van der Waals surface area contributed by atoms with Crippen LogP contribution >= 0.6 is 11.6 Å². The number of hydrogen-bond acceptors (Lipinski definition) is 5. The summed E-state index contributed by atoms with van der Waals surface area (Å²) in [6, 6.07) is 15.0. The van der Waals surface area contributed by atoms with Gasteiger partial charge in [-0.05, 0) is 66.9 Å². The summed E-state index contributed by atoms with van der Waals surface area (Å²) in [5, 5.41) is 11.8. The average molecular weight is 463 g/mol. The minimum Gasteiger partial charge on any atom is -0.507 e. The maximum Gasteiger partial charge on any atom is 0.295 e. The highest BCUT2D eigenvalue weighted by Gasteiger charge is 2.46. The zero-order valence-electron chi connectivity index (χ0n) is 18.3. The molecule has 1 aliphatic heterocycles. The largest absolute Gasteiger partial charge is 0.507 e. The molecule has 0 radical (unpaired) electrons. The van der Waals surface area contributed by atoms with Gasteiger partial charge < -0.3 is 14.7 Å². The lowest BCUT2D eigenvalue weighted by molar-refractivity contribution is -0.140. The van der Waals surface area contributed by atoms with E-state index in [1.165, 1.54) is 4.90 Å². The number of carbonyl (C=O) groups excluding carboxylic acids is 2. The van der Waals surface area contributed by atoms with Gasteiger partial charge in [0.1, 0.15) is 11.5 Å². The molecule has 1 amide bonds. The fourth-order valence-corrected chi connectivity index (χ4v) is 4.15. The highest BCUT2D eigenvalue weighted by atomic mass is 35.5. The first-order valence-electron chi connectivity index (χ1n) is 10.6. The predicted octanol–water partition coefficient (Wildman–Crippen LogP) is 5.06. The monoisotopic (exact) mass is 462 g/mol. The van der Waals surface area contributed by atoms with E-state index in [1.54, 1.807) is 60.9 Å². The van der Waals surface area contributed by atoms with Gasteiger partial charge >= 0.3 is 0 Å². The van der Waals surface area contributed by atoms with Crippen LogP contribution in [0, 0.1) is 6.92 Å². The van der Waals surface area contributed by atoms with Crippen LogP contribution in [0.4, 0.5) is 0 Å². The van der Waals surface area contributed by atoms with Crippen LogP contribution in [0.5, 0.6) is 5.75 Å². The Kier molecular flexibility index (Phi) is 6.47. The maximum absolute atomic E-state index is 13.2. The lowest BCUT2D eigenvalue weighted by Gasteiger charge is -2.25. The number of rotatable bonds is 6. The molecule has 1 N–H and O–H groups in total. The van der Waals surface area contributed by atoms with Gasteiger partial charge in [0.25, 0.3) is 11.7 Å². The lowest BCUT2D eigenvalue weighted by Crippen LogP contribution is -2.29. The number of halogens is 1. The zero-order valence-corrected chi connectivity index (χ0v) is 19.0. The van der Waals surface area contributed by atoms with Crippen LogP contribution in [-0.2, 0) is 16.1 Å². The van der Waals surface area contributed by atoms with E-state index in [9.17, 15) is 14.7 Å². The summed E-state index contributed by atoms with van der Waals surface area (Å²) in [5.41, 5.74) is 2.69. The van der Waals surface area contributed by atoms with Crippen molar-refractivity contribution >= 4 is 29.1 Å². The van der Waals surface area contributed by atoms with Gasteiger partial charge in [0.2, 0.25) is 0 Å². The molecule has 6 nitrogen and oxygen atoms in total. The van der Waals surface area contributed by atoms with Crippen LogP contribution in [-0.4, -0.2) is 33.3 Å². The van der Waals surface area contributed by atoms with E-state index in [0.717, 1.165) is 11.1 Å². The van der Waals surface area contributed by atoms with Crippen molar-refractivity contribution in [2.24, 2.45) is 0 Å². The Morgan fingerprint density at radius 2 is 1.91 bits per heavy atom. The van der Waals surface area contributed by atoms with E-state index in [2.05, 4.69) is 4.98 Å². The maximum atomic E-state index is 13.2. The standard InChI is InChI=1S/C26H23ClN2O4/c1-3-33-20-10-11-21(16(2)13-20)24(30)22-23(18-6-8-19(27)9-7-18)29(26(32)25(22)31)15-17-5-4-12-28-14-17/h4-14,23,30H,3,15H2,1-2H3/t23-/m1/s1. The minimum absolute atomic E-state index is 0.0403. The van der Waals surface area contributed by atoms with Gasteiger partial charge in [0.15, 0.2) is 0 Å². The highest BCUT2D eigenvalue weighted by molar-refractivity contribution is 6.46. The molecule has 2 heterocycles. The van der Waals surface area contributed by atoms with Gasteiger partial charge in [-0.2, -0.15) is 0 Å². The van der Waals surface area contributed by atoms with Crippen molar-refractivity contribution in [2.45, 2.75) is 26.4 Å².